The van der Waals surface area contributed by atoms with Crippen LogP contribution >= 0.6 is 11.3 Å². The Labute approximate surface area is 162 Å². The molecule has 0 aliphatic heterocycles. The molecule has 2 aromatic carbocycles. The molecule has 0 N–H and O–H groups in total. The van der Waals surface area contributed by atoms with Gasteiger partial charge in [0.1, 0.15) is 9.96 Å². The van der Waals surface area contributed by atoms with E-state index >= 15 is 0 Å². The van der Waals surface area contributed by atoms with Crippen LogP contribution in [0.2, 0.25) is 0 Å². The van der Waals surface area contributed by atoms with Crippen molar-refractivity contribution in [2.45, 2.75) is 15.6 Å². The van der Waals surface area contributed by atoms with Crippen LogP contribution in [0.25, 0.3) is 0 Å². The zero-order chi connectivity index (χ0) is 19.5. The van der Waals surface area contributed by atoms with Gasteiger partial charge in [0, 0.05) is 0 Å². The summed E-state index contributed by atoms with van der Waals surface area (Å²) in [6.07, 6.45) is 0. The third-order valence-corrected chi connectivity index (χ3v) is 9.40. The molecule has 0 atom stereocenters. The molecule has 0 aliphatic carbocycles. The van der Waals surface area contributed by atoms with Crippen LogP contribution in [0.1, 0.15) is 5.56 Å². The first kappa shape index (κ1) is 19.6. The molecule has 1 heterocycles. The maximum Gasteiger partial charge on any atom is 0.266 e. The van der Waals surface area contributed by atoms with E-state index in [-0.39, 0.29) is 15.6 Å². The van der Waals surface area contributed by atoms with E-state index in [0.29, 0.717) is 15.0 Å². The molecule has 0 spiro atoms. The van der Waals surface area contributed by atoms with Crippen LogP contribution in [-0.2, 0) is 26.6 Å². The summed E-state index contributed by atoms with van der Waals surface area (Å²) in [5, 5.41) is 1.59. The fourth-order valence-corrected chi connectivity index (χ4v) is 7.27. The number of thiophene rings is 1. The summed E-state index contributed by atoms with van der Waals surface area (Å²) < 4.78 is 58.0. The summed E-state index contributed by atoms with van der Waals surface area (Å²) in [7, 11) is -7.01. The topological polar surface area (TPSA) is 80.8 Å². The van der Waals surface area contributed by atoms with Gasteiger partial charge in [-0.1, -0.05) is 40.1 Å². The molecule has 0 bridgehead atoms. The van der Waals surface area contributed by atoms with E-state index in [2.05, 4.69) is 0 Å². The Morgan fingerprint density at radius 1 is 0.852 bits per heavy atom. The van der Waals surface area contributed by atoms with E-state index in [0.717, 1.165) is 11.3 Å². The number of methoxy groups -OCH3 is 1. The van der Waals surface area contributed by atoms with E-state index in [4.69, 9.17) is 4.74 Å². The number of ether oxygens (including phenoxy) is 1. The Bertz CT molecular complexity index is 1090. The van der Waals surface area contributed by atoms with Crippen LogP contribution in [0.3, 0.4) is 0 Å². The molecule has 142 valence electrons. The standard InChI is InChI=1S/C18H17NO5S3/c1-24-16-11-9-15(10-12-16)14-19(27(22,23)18-8-5-13-25-18)26(20,21)17-6-3-2-4-7-17/h2-13H,14H2,1H3. The maximum absolute atomic E-state index is 13.1. The van der Waals surface area contributed by atoms with Gasteiger partial charge in [-0.3, -0.25) is 0 Å². The molecule has 0 fully saturated rings. The molecule has 0 saturated carbocycles. The van der Waals surface area contributed by atoms with Gasteiger partial charge >= 0.3 is 0 Å². The second kappa shape index (κ2) is 7.81. The average Bonchev–Trinajstić information content (AvgIpc) is 3.23. The highest BCUT2D eigenvalue weighted by Crippen LogP contribution is 2.29. The van der Waals surface area contributed by atoms with Gasteiger partial charge in [-0.25, -0.2) is 16.8 Å². The van der Waals surface area contributed by atoms with E-state index in [1.165, 1.54) is 25.3 Å². The van der Waals surface area contributed by atoms with E-state index in [1.807, 2.05) is 0 Å². The van der Waals surface area contributed by atoms with Crippen molar-refractivity contribution in [1.29, 1.82) is 0 Å². The number of hydrogen-bond acceptors (Lipinski definition) is 6. The minimum absolute atomic E-state index is 0.0319. The Balaban J connectivity index is 2.09. The second-order valence-corrected chi connectivity index (χ2v) is 10.7. The molecule has 27 heavy (non-hydrogen) atoms. The van der Waals surface area contributed by atoms with Crippen LogP contribution < -0.4 is 4.74 Å². The van der Waals surface area contributed by atoms with Crippen molar-refractivity contribution in [3.05, 3.63) is 77.7 Å². The monoisotopic (exact) mass is 423 g/mol. The highest BCUT2D eigenvalue weighted by Gasteiger charge is 2.37. The van der Waals surface area contributed by atoms with Crippen molar-refractivity contribution in [1.82, 2.24) is 3.71 Å². The molecule has 3 rings (SSSR count). The van der Waals surface area contributed by atoms with Crippen LogP contribution in [-0.4, -0.2) is 27.7 Å². The molecule has 0 aliphatic rings. The van der Waals surface area contributed by atoms with Gasteiger partial charge in [0.05, 0.1) is 18.6 Å². The van der Waals surface area contributed by atoms with Crippen molar-refractivity contribution < 1.29 is 21.6 Å². The van der Waals surface area contributed by atoms with Crippen molar-refractivity contribution in [3.63, 3.8) is 0 Å². The number of rotatable bonds is 7. The SMILES string of the molecule is COc1ccc(CN(S(=O)(=O)c2ccccc2)S(=O)(=O)c2cccs2)cc1. The van der Waals surface area contributed by atoms with Gasteiger partial charge in [0.2, 0.25) is 0 Å². The number of nitrogens with zero attached hydrogens (tertiary/aromatic N) is 1. The number of hydrogen-bond donors (Lipinski definition) is 0. The zero-order valence-corrected chi connectivity index (χ0v) is 16.8. The van der Waals surface area contributed by atoms with Crippen molar-refractivity contribution >= 4 is 31.4 Å². The third-order valence-electron chi connectivity index (χ3n) is 3.80. The summed E-state index contributed by atoms with van der Waals surface area (Å²) in [5.74, 6) is 0.595. The van der Waals surface area contributed by atoms with Crippen molar-refractivity contribution in [2.24, 2.45) is 0 Å². The lowest BCUT2D eigenvalue weighted by Gasteiger charge is -2.21. The summed E-state index contributed by atoms with van der Waals surface area (Å²) in [6, 6.07) is 17.1. The Morgan fingerprint density at radius 3 is 2.07 bits per heavy atom. The average molecular weight is 424 g/mol. The third kappa shape index (κ3) is 4.06. The lowest BCUT2D eigenvalue weighted by molar-refractivity contribution is 0.414. The quantitative estimate of drug-likeness (QED) is 0.582. The Hall–Kier alpha value is -2.20. The van der Waals surface area contributed by atoms with Gasteiger partial charge in [-0.15, -0.1) is 11.3 Å². The predicted octanol–water partition coefficient (Wildman–Crippen LogP) is 3.34. The minimum Gasteiger partial charge on any atom is -0.497 e. The molecule has 3 aromatic rings. The van der Waals surface area contributed by atoms with Gasteiger partial charge in [-0.2, -0.15) is 0 Å². The van der Waals surface area contributed by atoms with Crippen molar-refractivity contribution in [3.8, 4) is 5.75 Å². The summed E-state index contributed by atoms with van der Waals surface area (Å²) in [6.45, 7) is -0.318. The second-order valence-electron chi connectivity index (χ2n) is 5.53. The Kier molecular flexibility index (Phi) is 5.66. The fraction of sp³-hybridized carbons (Fsp3) is 0.111. The van der Waals surface area contributed by atoms with Crippen LogP contribution in [0.15, 0.2) is 81.2 Å². The molecule has 9 heteroatoms. The van der Waals surface area contributed by atoms with Gasteiger partial charge < -0.3 is 4.74 Å². The molecule has 0 unspecified atom stereocenters. The first-order chi connectivity index (χ1) is 12.9. The fourth-order valence-electron chi connectivity index (χ4n) is 2.40. The molecular formula is C18H17NO5S3. The number of sulfonamides is 2. The lowest BCUT2D eigenvalue weighted by Crippen LogP contribution is -2.36. The molecule has 0 amide bonds. The molecule has 1 aromatic heterocycles. The van der Waals surface area contributed by atoms with Crippen LogP contribution in [0, 0.1) is 0 Å². The van der Waals surface area contributed by atoms with Gasteiger partial charge in [-0.05, 0) is 41.3 Å². The maximum atomic E-state index is 13.1. The lowest BCUT2D eigenvalue weighted by atomic mass is 10.2. The van der Waals surface area contributed by atoms with Crippen LogP contribution in [0.5, 0.6) is 5.75 Å². The van der Waals surface area contributed by atoms with E-state index < -0.39 is 20.0 Å². The molecule has 6 nitrogen and oxygen atoms in total. The Morgan fingerprint density at radius 2 is 1.52 bits per heavy atom. The largest absolute Gasteiger partial charge is 0.497 e. The van der Waals surface area contributed by atoms with E-state index in [1.54, 1.807) is 53.9 Å². The van der Waals surface area contributed by atoms with E-state index in [9.17, 15) is 16.8 Å². The first-order valence-corrected chi connectivity index (χ1v) is 11.6. The highest BCUT2D eigenvalue weighted by atomic mass is 32.3. The molecule has 0 saturated heterocycles. The minimum atomic E-state index is -4.28. The number of benzene rings is 2. The predicted molar refractivity (Wildman–Crippen MR) is 104 cm³/mol. The normalized spacial score (nSPS) is 12.2. The van der Waals surface area contributed by atoms with Crippen molar-refractivity contribution in [2.75, 3.05) is 7.11 Å². The molecular weight excluding hydrogens is 406 g/mol. The summed E-state index contributed by atoms with van der Waals surface area (Å²) in [4.78, 5) is -0.0846. The smallest absolute Gasteiger partial charge is 0.266 e. The molecule has 0 radical (unpaired) electrons. The summed E-state index contributed by atoms with van der Waals surface area (Å²) >= 11 is 0.972. The highest BCUT2D eigenvalue weighted by molar-refractivity contribution is 8.04. The van der Waals surface area contributed by atoms with Gasteiger partial charge in [0.15, 0.2) is 0 Å². The van der Waals surface area contributed by atoms with Crippen LogP contribution in [0.4, 0.5) is 0 Å². The summed E-state index contributed by atoms with van der Waals surface area (Å²) in [5.41, 5.74) is 0.524. The van der Waals surface area contributed by atoms with Gasteiger partial charge in [0.25, 0.3) is 20.0 Å². The zero-order valence-electron chi connectivity index (χ0n) is 14.3. The first-order valence-electron chi connectivity index (χ1n) is 7.85.